The molecule has 98 valence electrons. The molecule has 0 heterocycles. The van der Waals surface area contributed by atoms with Gasteiger partial charge in [0.2, 0.25) is 0 Å². The molecule has 0 bridgehead atoms. The molecule has 0 aliphatic carbocycles. The molecule has 0 aromatic heterocycles. The molecule has 0 N–H and O–H groups in total. The first-order valence-electron chi connectivity index (χ1n) is 5.41. The van der Waals surface area contributed by atoms with E-state index in [2.05, 4.69) is 22.6 Å². The molecule has 0 fully saturated rings. The Bertz CT molecular complexity index is 614. The molecular weight excluding hydrogens is 398 g/mol. The van der Waals surface area contributed by atoms with Crippen molar-refractivity contribution in [2.24, 2.45) is 0 Å². The predicted octanol–water partition coefficient (Wildman–Crippen LogP) is 4.99. The van der Waals surface area contributed by atoms with Crippen LogP contribution in [0.4, 0.5) is 0 Å². The Hall–Kier alpha value is -0.780. The second-order valence-corrected chi connectivity index (χ2v) is 5.84. The van der Waals surface area contributed by atoms with Crippen LogP contribution in [-0.2, 0) is 6.61 Å². The van der Waals surface area contributed by atoms with Gasteiger partial charge in [0.05, 0.1) is 3.57 Å². The first kappa shape index (κ1) is 14.6. The number of carbonyl (C=O) groups excluding carboxylic acids is 1. The zero-order valence-electron chi connectivity index (χ0n) is 9.70. The molecule has 2 rings (SSSR count). The van der Waals surface area contributed by atoms with Crippen LogP contribution in [-0.4, -0.2) is 6.29 Å². The average molecular weight is 407 g/mol. The van der Waals surface area contributed by atoms with Gasteiger partial charge in [0, 0.05) is 21.2 Å². The molecule has 2 aromatic rings. The smallest absolute Gasteiger partial charge is 0.150 e. The lowest BCUT2D eigenvalue weighted by Crippen LogP contribution is -1.98. The van der Waals surface area contributed by atoms with Crippen LogP contribution in [0.15, 0.2) is 36.4 Å². The number of hydrogen-bond donors (Lipinski definition) is 0. The van der Waals surface area contributed by atoms with Crippen LogP contribution < -0.4 is 4.74 Å². The quantitative estimate of drug-likeness (QED) is 0.528. The topological polar surface area (TPSA) is 26.3 Å². The summed E-state index contributed by atoms with van der Waals surface area (Å²) in [6.45, 7) is 0.354. The van der Waals surface area contributed by atoms with Crippen molar-refractivity contribution in [1.82, 2.24) is 0 Å². The van der Waals surface area contributed by atoms with Gasteiger partial charge in [0.15, 0.2) is 0 Å². The lowest BCUT2D eigenvalue weighted by molar-refractivity contribution is 0.112. The van der Waals surface area contributed by atoms with Gasteiger partial charge in [-0.05, 0) is 52.9 Å². The summed E-state index contributed by atoms with van der Waals surface area (Å²) < 4.78 is 6.57. The van der Waals surface area contributed by atoms with E-state index in [1.165, 1.54) is 0 Å². The summed E-state index contributed by atoms with van der Waals surface area (Å²) in [5.74, 6) is 0.720. The molecule has 0 atom stereocenters. The molecule has 0 amide bonds. The molecule has 5 heteroatoms. The number of ether oxygens (including phenoxy) is 1. The highest BCUT2D eigenvalue weighted by atomic mass is 127. The standard InChI is InChI=1S/C14H9Cl2IO2/c15-11-3-2-10(12(16)6-11)8-19-14-4-1-9(7-18)5-13(14)17/h1-7H,8H2. The van der Waals surface area contributed by atoms with Crippen molar-refractivity contribution >= 4 is 52.1 Å². The van der Waals surface area contributed by atoms with Crippen molar-refractivity contribution in [3.05, 3.63) is 61.1 Å². The summed E-state index contributed by atoms with van der Waals surface area (Å²) in [6, 6.07) is 10.5. The number of halogens is 3. The van der Waals surface area contributed by atoms with E-state index in [9.17, 15) is 4.79 Å². The number of aldehydes is 1. The van der Waals surface area contributed by atoms with E-state index in [0.717, 1.165) is 21.2 Å². The minimum Gasteiger partial charge on any atom is -0.488 e. The van der Waals surface area contributed by atoms with Gasteiger partial charge in [0.25, 0.3) is 0 Å². The molecular formula is C14H9Cl2IO2. The third kappa shape index (κ3) is 3.84. The first-order chi connectivity index (χ1) is 9.10. The Labute approximate surface area is 134 Å². The lowest BCUT2D eigenvalue weighted by Gasteiger charge is -2.10. The first-order valence-corrected chi connectivity index (χ1v) is 7.25. The van der Waals surface area contributed by atoms with Crippen LogP contribution in [0.3, 0.4) is 0 Å². The fraction of sp³-hybridized carbons (Fsp3) is 0.0714. The SMILES string of the molecule is O=Cc1ccc(OCc2ccc(Cl)cc2Cl)c(I)c1. The molecule has 0 spiro atoms. The average Bonchev–Trinajstić information content (AvgIpc) is 2.39. The summed E-state index contributed by atoms with van der Waals surface area (Å²) in [5.41, 5.74) is 1.49. The molecule has 2 nitrogen and oxygen atoms in total. The zero-order valence-corrected chi connectivity index (χ0v) is 13.4. The highest BCUT2D eigenvalue weighted by Gasteiger charge is 2.05. The van der Waals surface area contributed by atoms with Crippen LogP contribution in [0, 0.1) is 3.57 Å². The summed E-state index contributed by atoms with van der Waals surface area (Å²) in [5, 5.41) is 1.17. The minimum absolute atomic E-state index is 0.354. The number of rotatable bonds is 4. The van der Waals surface area contributed by atoms with Crippen molar-refractivity contribution in [1.29, 1.82) is 0 Å². The van der Waals surface area contributed by atoms with Crippen molar-refractivity contribution < 1.29 is 9.53 Å². The second-order valence-electron chi connectivity index (χ2n) is 3.83. The van der Waals surface area contributed by atoms with Crippen LogP contribution in [0.1, 0.15) is 15.9 Å². The Morgan fingerprint density at radius 3 is 2.58 bits per heavy atom. The molecule has 0 saturated heterocycles. The van der Waals surface area contributed by atoms with Crippen LogP contribution >= 0.6 is 45.8 Å². The second kappa shape index (κ2) is 6.59. The highest BCUT2D eigenvalue weighted by molar-refractivity contribution is 14.1. The summed E-state index contributed by atoms with van der Waals surface area (Å²) >= 11 is 14.0. The van der Waals surface area contributed by atoms with E-state index in [1.807, 2.05) is 6.07 Å². The minimum atomic E-state index is 0.354. The zero-order chi connectivity index (χ0) is 13.8. The van der Waals surface area contributed by atoms with Gasteiger partial charge in [-0.1, -0.05) is 29.3 Å². The van der Waals surface area contributed by atoms with Crippen LogP contribution in [0.25, 0.3) is 0 Å². The normalized spacial score (nSPS) is 10.3. The lowest BCUT2D eigenvalue weighted by atomic mass is 10.2. The Morgan fingerprint density at radius 1 is 1.16 bits per heavy atom. The molecule has 2 aromatic carbocycles. The van der Waals surface area contributed by atoms with Crippen molar-refractivity contribution in [3.63, 3.8) is 0 Å². The molecule has 19 heavy (non-hydrogen) atoms. The fourth-order valence-electron chi connectivity index (χ4n) is 1.50. The largest absolute Gasteiger partial charge is 0.488 e. The van der Waals surface area contributed by atoms with Gasteiger partial charge < -0.3 is 4.74 Å². The molecule has 0 aliphatic rings. The van der Waals surface area contributed by atoms with Gasteiger partial charge in [0.1, 0.15) is 18.6 Å². The van der Waals surface area contributed by atoms with Crippen LogP contribution in [0.2, 0.25) is 10.0 Å². The van der Waals surface area contributed by atoms with E-state index < -0.39 is 0 Å². The van der Waals surface area contributed by atoms with Gasteiger partial charge in [-0.25, -0.2) is 0 Å². The third-order valence-electron chi connectivity index (χ3n) is 2.49. The van der Waals surface area contributed by atoms with E-state index in [4.69, 9.17) is 27.9 Å². The highest BCUT2D eigenvalue weighted by Crippen LogP contribution is 2.25. The summed E-state index contributed by atoms with van der Waals surface area (Å²) in [4.78, 5) is 10.7. The van der Waals surface area contributed by atoms with E-state index in [0.29, 0.717) is 22.2 Å². The number of carbonyl (C=O) groups is 1. The maximum atomic E-state index is 10.7. The van der Waals surface area contributed by atoms with Crippen molar-refractivity contribution in [3.8, 4) is 5.75 Å². The summed E-state index contributed by atoms with van der Waals surface area (Å²) in [6.07, 6.45) is 0.808. The summed E-state index contributed by atoms with van der Waals surface area (Å²) in [7, 11) is 0. The molecule has 0 saturated carbocycles. The van der Waals surface area contributed by atoms with Gasteiger partial charge in [-0.3, -0.25) is 4.79 Å². The molecule has 0 unspecified atom stereocenters. The number of hydrogen-bond acceptors (Lipinski definition) is 2. The number of benzene rings is 2. The van der Waals surface area contributed by atoms with E-state index >= 15 is 0 Å². The van der Waals surface area contributed by atoms with Gasteiger partial charge >= 0.3 is 0 Å². The molecule has 0 aliphatic heterocycles. The molecule has 0 radical (unpaired) electrons. The van der Waals surface area contributed by atoms with Gasteiger partial charge in [-0.15, -0.1) is 0 Å². The fourth-order valence-corrected chi connectivity index (χ4v) is 2.66. The predicted molar refractivity (Wildman–Crippen MR) is 85.3 cm³/mol. The Morgan fingerprint density at radius 2 is 1.95 bits per heavy atom. The maximum Gasteiger partial charge on any atom is 0.150 e. The van der Waals surface area contributed by atoms with Crippen LogP contribution in [0.5, 0.6) is 5.75 Å². The third-order valence-corrected chi connectivity index (χ3v) is 3.92. The maximum absolute atomic E-state index is 10.7. The monoisotopic (exact) mass is 406 g/mol. The van der Waals surface area contributed by atoms with E-state index in [-0.39, 0.29) is 0 Å². The van der Waals surface area contributed by atoms with Gasteiger partial charge in [-0.2, -0.15) is 0 Å². The van der Waals surface area contributed by atoms with Crippen molar-refractivity contribution in [2.45, 2.75) is 6.61 Å². The Kier molecular flexibility index (Phi) is 5.07. The van der Waals surface area contributed by atoms with Crippen molar-refractivity contribution in [2.75, 3.05) is 0 Å². The Balaban J connectivity index is 2.12. The van der Waals surface area contributed by atoms with E-state index in [1.54, 1.807) is 30.3 Å².